The second-order valence-electron chi connectivity index (χ2n) is 4.24. The minimum atomic E-state index is -1.09. The van der Waals surface area contributed by atoms with E-state index in [0.717, 1.165) is 0 Å². The van der Waals surface area contributed by atoms with Crippen molar-refractivity contribution in [3.63, 3.8) is 0 Å². The number of thiocarbonyl (C=S) groups is 1. The number of carbonyl (C=O) groups is 2. The Morgan fingerprint density at radius 1 is 1.50 bits per heavy atom. The van der Waals surface area contributed by atoms with Gasteiger partial charge in [-0.05, 0) is 13.8 Å². The maximum Gasteiger partial charge on any atom is 0.309 e. The van der Waals surface area contributed by atoms with Gasteiger partial charge in [0.25, 0.3) is 0 Å². The highest BCUT2D eigenvalue weighted by Gasteiger charge is 2.41. The van der Waals surface area contributed by atoms with E-state index in [4.69, 9.17) is 5.11 Å². The first-order chi connectivity index (χ1) is 7.25. The molecule has 1 N–H and O–H groups in total. The van der Waals surface area contributed by atoms with Crippen LogP contribution in [0.3, 0.4) is 0 Å². The number of amides is 1. The van der Waals surface area contributed by atoms with E-state index in [1.807, 2.05) is 0 Å². The Balaban J connectivity index is 5.00. The first-order valence-electron chi connectivity index (χ1n) is 4.75. The maximum absolute atomic E-state index is 11.9. The summed E-state index contributed by atoms with van der Waals surface area (Å²) < 4.78 is 1.45. The largest absolute Gasteiger partial charge is 0.481 e. The lowest BCUT2D eigenvalue weighted by molar-refractivity contribution is -0.155. The van der Waals surface area contributed by atoms with Crippen LogP contribution in [-0.2, 0) is 9.59 Å². The normalized spacial score (nSPS) is 13.0. The van der Waals surface area contributed by atoms with Gasteiger partial charge in [-0.1, -0.05) is 12.2 Å². The van der Waals surface area contributed by atoms with Crippen molar-refractivity contribution in [2.24, 2.45) is 11.3 Å². The van der Waals surface area contributed by atoms with E-state index in [-0.39, 0.29) is 5.91 Å². The maximum atomic E-state index is 11.9. The zero-order valence-electron chi connectivity index (χ0n) is 9.89. The van der Waals surface area contributed by atoms with Gasteiger partial charge in [0.1, 0.15) is 0 Å². The fourth-order valence-electron chi connectivity index (χ4n) is 1.18. The van der Waals surface area contributed by atoms with Crippen molar-refractivity contribution in [1.82, 2.24) is 4.90 Å². The molecule has 0 saturated carbocycles. The first-order valence-corrected chi connectivity index (χ1v) is 6.27. The van der Waals surface area contributed by atoms with Crippen LogP contribution in [0.1, 0.15) is 13.8 Å². The summed E-state index contributed by atoms with van der Waals surface area (Å²) in [6.07, 6.45) is 0. The molecule has 16 heavy (non-hydrogen) atoms. The Kier molecular flexibility index (Phi) is 5.96. The van der Waals surface area contributed by atoms with Crippen molar-refractivity contribution in [2.45, 2.75) is 13.8 Å². The third kappa shape index (κ3) is 3.75. The van der Waals surface area contributed by atoms with Gasteiger partial charge >= 0.3 is 5.97 Å². The standard InChI is InChI=1S/C10H17NO3S2/c1-10(2,9(13)14)7(5-16-6-15)8(12)11(3)4/h6-7H,5H2,1-4H3,(H,13,14). The summed E-state index contributed by atoms with van der Waals surface area (Å²) in [6, 6.07) is 0. The van der Waals surface area contributed by atoms with Gasteiger partial charge in [0.2, 0.25) is 5.91 Å². The average Bonchev–Trinajstić information content (AvgIpc) is 2.17. The third-order valence-corrected chi connectivity index (χ3v) is 3.56. The SMILES string of the molecule is CN(C)C(=O)C(CSC=S)C(C)(C)C(=O)O. The predicted molar refractivity (Wildman–Crippen MR) is 69.7 cm³/mol. The summed E-state index contributed by atoms with van der Waals surface area (Å²) in [5.41, 5.74) is -1.09. The zero-order valence-corrected chi connectivity index (χ0v) is 11.5. The van der Waals surface area contributed by atoms with Gasteiger partial charge in [0.05, 0.1) is 11.3 Å². The molecule has 0 aliphatic rings. The molecule has 0 fully saturated rings. The number of hydrogen-bond donors (Lipinski definition) is 1. The van der Waals surface area contributed by atoms with E-state index in [1.54, 1.807) is 27.9 Å². The van der Waals surface area contributed by atoms with Crippen molar-refractivity contribution >= 4 is 40.6 Å². The van der Waals surface area contributed by atoms with Crippen LogP contribution in [0.2, 0.25) is 0 Å². The van der Waals surface area contributed by atoms with Crippen LogP contribution in [0.4, 0.5) is 0 Å². The van der Waals surface area contributed by atoms with Gasteiger partial charge in [-0.3, -0.25) is 9.59 Å². The molecule has 0 rings (SSSR count). The molecule has 4 nitrogen and oxygen atoms in total. The van der Waals surface area contributed by atoms with Crippen LogP contribution in [-0.4, -0.2) is 46.4 Å². The van der Waals surface area contributed by atoms with E-state index in [1.165, 1.54) is 21.4 Å². The highest BCUT2D eigenvalue weighted by atomic mass is 32.2. The van der Waals surface area contributed by atoms with Crippen LogP contribution in [0.25, 0.3) is 0 Å². The number of nitrogens with zero attached hydrogens (tertiary/aromatic N) is 1. The molecular weight excluding hydrogens is 246 g/mol. The molecule has 0 bridgehead atoms. The molecule has 1 amide bonds. The van der Waals surface area contributed by atoms with Crippen molar-refractivity contribution in [3.8, 4) is 0 Å². The summed E-state index contributed by atoms with van der Waals surface area (Å²) in [6.45, 7) is 3.12. The van der Waals surface area contributed by atoms with Gasteiger partial charge in [-0.2, -0.15) is 0 Å². The smallest absolute Gasteiger partial charge is 0.309 e. The summed E-state index contributed by atoms with van der Waals surface area (Å²) in [5.74, 6) is -1.35. The molecule has 0 aromatic heterocycles. The molecule has 0 spiro atoms. The molecule has 6 heteroatoms. The van der Waals surface area contributed by atoms with Gasteiger partial charge in [-0.25, -0.2) is 0 Å². The summed E-state index contributed by atoms with van der Waals surface area (Å²) in [4.78, 5) is 24.5. The Bertz CT molecular complexity index is 290. The Labute approximate surface area is 105 Å². The van der Waals surface area contributed by atoms with E-state index in [0.29, 0.717) is 5.75 Å². The lowest BCUT2D eigenvalue weighted by Crippen LogP contribution is -2.44. The van der Waals surface area contributed by atoms with Crippen molar-refractivity contribution < 1.29 is 14.7 Å². The summed E-state index contributed by atoms with van der Waals surface area (Å²) >= 11 is 5.96. The van der Waals surface area contributed by atoms with Gasteiger partial charge in [0, 0.05) is 24.5 Å². The highest BCUT2D eigenvalue weighted by Crippen LogP contribution is 2.31. The van der Waals surface area contributed by atoms with Gasteiger partial charge in [0.15, 0.2) is 0 Å². The van der Waals surface area contributed by atoms with Crippen LogP contribution in [0.5, 0.6) is 0 Å². The van der Waals surface area contributed by atoms with Crippen LogP contribution >= 0.6 is 24.0 Å². The van der Waals surface area contributed by atoms with Crippen LogP contribution in [0, 0.1) is 11.3 Å². The minimum Gasteiger partial charge on any atom is -0.481 e. The fraction of sp³-hybridized carbons (Fsp3) is 0.700. The Morgan fingerprint density at radius 2 is 2.00 bits per heavy atom. The van der Waals surface area contributed by atoms with E-state index < -0.39 is 17.3 Å². The molecule has 0 aliphatic heterocycles. The minimum absolute atomic E-state index is 0.184. The lowest BCUT2D eigenvalue weighted by atomic mass is 9.79. The molecule has 0 aromatic carbocycles. The number of thioether (sulfide) groups is 1. The Hall–Kier alpha value is -0.620. The van der Waals surface area contributed by atoms with Gasteiger partial charge in [-0.15, -0.1) is 11.8 Å². The summed E-state index contributed by atoms with van der Waals surface area (Å²) in [5, 5.41) is 9.13. The molecule has 0 heterocycles. The van der Waals surface area contributed by atoms with Crippen molar-refractivity contribution in [3.05, 3.63) is 0 Å². The van der Waals surface area contributed by atoms with Crippen LogP contribution in [0.15, 0.2) is 0 Å². The lowest BCUT2D eigenvalue weighted by Gasteiger charge is -2.30. The quantitative estimate of drug-likeness (QED) is 0.736. The summed E-state index contributed by atoms with van der Waals surface area (Å²) in [7, 11) is 3.24. The highest BCUT2D eigenvalue weighted by molar-refractivity contribution is 8.20. The van der Waals surface area contributed by atoms with E-state index in [2.05, 4.69) is 12.2 Å². The van der Waals surface area contributed by atoms with Crippen molar-refractivity contribution in [1.29, 1.82) is 0 Å². The van der Waals surface area contributed by atoms with E-state index >= 15 is 0 Å². The molecule has 0 radical (unpaired) electrons. The van der Waals surface area contributed by atoms with Crippen molar-refractivity contribution in [2.75, 3.05) is 19.8 Å². The number of carboxylic acid groups (broad SMARTS) is 1. The first kappa shape index (κ1) is 15.4. The number of hydrogen-bond acceptors (Lipinski definition) is 4. The molecule has 0 aromatic rings. The second-order valence-corrected chi connectivity index (χ2v) is 5.68. The third-order valence-electron chi connectivity index (χ3n) is 2.49. The molecule has 0 saturated heterocycles. The number of carboxylic acids is 1. The average molecular weight is 263 g/mol. The predicted octanol–water partition coefficient (Wildman–Crippen LogP) is 1.49. The monoisotopic (exact) mass is 263 g/mol. The fourth-order valence-corrected chi connectivity index (χ4v) is 2.25. The number of carbonyl (C=O) groups excluding carboxylic acids is 1. The number of aliphatic carboxylic acids is 1. The molecule has 0 aliphatic carbocycles. The molecular formula is C10H17NO3S2. The second kappa shape index (κ2) is 6.20. The molecule has 92 valence electrons. The van der Waals surface area contributed by atoms with Crippen LogP contribution < -0.4 is 0 Å². The Morgan fingerprint density at radius 3 is 2.31 bits per heavy atom. The molecule has 1 atom stereocenters. The topological polar surface area (TPSA) is 57.6 Å². The zero-order chi connectivity index (χ0) is 12.9. The molecule has 1 unspecified atom stereocenters. The van der Waals surface area contributed by atoms with Gasteiger partial charge < -0.3 is 10.0 Å². The van der Waals surface area contributed by atoms with E-state index in [9.17, 15) is 9.59 Å². The number of rotatable bonds is 6.